The molecule has 0 unspecified atom stereocenters. The first kappa shape index (κ1) is 25.3. The summed E-state index contributed by atoms with van der Waals surface area (Å²) in [7, 11) is -1.85. The number of nitrogens with zero attached hydrogens (tertiary/aromatic N) is 1. The van der Waals surface area contributed by atoms with Gasteiger partial charge in [-0.3, -0.25) is 0 Å². The van der Waals surface area contributed by atoms with E-state index >= 15 is 0 Å². The molecule has 2 aromatic carbocycles. The molecule has 2 rings (SSSR count). The van der Waals surface area contributed by atoms with Crippen LogP contribution in [0.5, 0.6) is 0 Å². The third kappa shape index (κ3) is 8.29. The molecule has 9 heteroatoms. The van der Waals surface area contributed by atoms with Gasteiger partial charge >= 0.3 is 0 Å². The molecular formula is C20H29IN4O3S. The van der Waals surface area contributed by atoms with Gasteiger partial charge in [0.2, 0.25) is 10.0 Å². The summed E-state index contributed by atoms with van der Waals surface area (Å²) in [5.41, 5.74) is 8.65. The molecule has 0 aliphatic rings. The molecule has 0 heterocycles. The molecule has 0 aliphatic carbocycles. The fraction of sp³-hybridized carbons (Fsp3) is 0.350. The van der Waals surface area contributed by atoms with Gasteiger partial charge in [-0.25, -0.2) is 18.1 Å². The molecule has 7 nitrogen and oxygen atoms in total. The van der Waals surface area contributed by atoms with Gasteiger partial charge in [0.05, 0.1) is 18.0 Å². The largest absolute Gasteiger partial charge is 0.380 e. The minimum atomic E-state index is -3.49. The quantitative estimate of drug-likeness (QED) is 0.261. The van der Waals surface area contributed by atoms with Crippen molar-refractivity contribution in [1.29, 1.82) is 0 Å². The van der Waals surface area contributed by atoms with E-state index in [1.54, 1.807) is 31.4 Å². The zero-order valence-corrected chi connectivity index (χ0v) is 20.0. The molecule has 0 bridgehead atoms. The van der Waals surface area contributed by atoms with E-state index in [0.717, 1.165) is 16.8 Å². The van der Waals surface area contributed by atoms with Gasteiger partial charge in [0.25, 0.3) is 0 Å². The van der Waals surface area contributed by atoms with Gasteiger partial charge < -0.3 is 15.8 Å². The third-order valence-corrected chi connectivity index (χ3v) is 5.37. The number of nitrogens with one attached hydrogen (secondary N) is 2. The molecular weight excluding hydrogens is 503 g/mol. The van der Waals surface area contributed by atoms with Crippen molar-refractivity contribution in [3.05, 3.63) is 59.7 Å². The Balaban J connectivity index is 0.00000420. The van der Waals surface area contributed by atoms with E-state index < -0.39 is 10.0 Å². The average molecular weight is 532 g/mol. The zero-order chi connectivity index (χ0) is 20.6. The maximum atomic E-state index is 12.2. The van der Waals surface area contributed by atoms with Crippen molar-refractivity contribution in [2.45, 2.75) is 31.9 Å². The number of guanidine groups is 1. The SMILES string of the molecule is COCc1ccccc1NC(N)=NCc1ccc(S(=O)(=O)NCC(C)C)cc1.I. The van der Waals surface area contributed by atoms with Crippen molar-refractivity contribution in [3.8, 4) is 0 Å². The Hall–Kier alpha value is -1.69. The summed E-state index contributed by atoms with van der Waals surface area (Å²) < 4.78 is 32.2. The van der Waals surface area contributed by atoms with E-state index in [9.17, 15) is 8.42 Å². The lowest BCUT2D eigenvalue weighted by Crippen LogP contribution is -2.27. The van der Waals surface area contributed by atoms with Crippen LogP contribution < -0.4 is 15.8 Å². The summed E-state index contributed by atoms with van der Waals surface area (Å²) in [5, 5.41) is 3.07. The lowest BCUT2D eigenvalue weighted by atomic mass is 10.2. The smallest absolute Gasteiger partial charge is 0.240 e. The number of hydrogen-bond donors (Lipinski definition) is 3. The number of methoxy groups -OCH3 is 1. The minimum Gasteiger partial charge on any atom is -0.380 e. The molecule has 2 aromatic rings. The van der Waals surface area contributed by atoms with Crippen molar-refractivity contribution < 1.29 is 13.2 Å². The summed E-state index contributed by atoms with van der Waals surface area (Å²) in [4.78, 5) is 4.56. The minimum absolute atomic E-state index is 0. The van der Waals surface area contributed by atoms with Crippen molar-refractivity contribution in [2.24, 2.45) is 16.6 Å². The molecule has 0 fully saturated rings. The highest BCUT2D eigenvalue weighted by molar-refractivity contribution is 14.0. The summed E-state index contributed by atoms with van der Waals surface area (Å²) in [5.74, 6) is 0.520. The number of halogens is 1. The summed E-state index contributed by atoms with van der Waals surface area (Å²) in [6.45, 7) is 5.12. The van der Waals surface area contributed by atoms with Crippen LogP contribution in [-0.4, -0.2) is 28.0 Å². The fourth-order valence-electron chi connectivity index (χ4n) is 2.41. The molecule has 160 valence electrons. The van der Waals surface area contributed by atoms with Crippen molar-refractivity contribution in [2.75, 3.05) is 19.0 Å². The second kappa shape index (κ2) is 12.1. The molecule has 29 heavy (non-hydrogen) atoms. The fourth-order valence-corrected chi connectivity index (χ4v) is 3.63. The van der Waals surface area contributed by atoms with Gasteiger partial charge in [-0.1, -0.05) is 44.2 Å². The maximum absolute atomic E-state index is 12.2. The number of aliphatic imine (C=N–C) groups is 1. The predicted octanol–water partition coefficient (Wildman–Crippen LogP) is 3.31. The van der Waals surface area contributed by atoms with Crippen LogP contribution >= 0.6 is 24.0 Å². The molecule has 4 N–H and O–H groups in total. The summed E-state index contributed by atoms with van der Waals surface area (Å²) in [6, 6.07) is 14.3. The Morgan fingerprint density at radius 3 is 2.41 bits per heavy atom. The summed E-state index contributed by atoms with van der Waals surface area (Å²) >= 11 is 0. The number of benzene rings is 2. The van der Waals surface area contributed by atoms with Gasteiger partial charge in [-0.05, 0) is 29.7 Å². The van der Waals surface area contributed by atoms with Crippen molar-refractivity contribution in [3.63, 3.8) is 0 Å². The standard InChI is InChI=1S/C20H28N4O3S.HI/c1-15(2)12-23-28(25,26)18-10-8-16(9-11-18)13-22-20(21)24-19-7-5-4-6-17(19)14-27-3;/h4-11,15,23H,12-14H2,1-3H3,(H3,21,22,24);1H. The van der Waals surface area contributed by atoms with Gasteiger partial charge in [-0.2, -0.15) is 0 Å². The van der Waals surface area contributed by atoms with Crippen LogP contribution in [0.3, 0.4) is 0 Å². The van der Waals surface area contributed by atoms with Crippen molar-refractivity contribution in [1.82, 2.24) is 4.72 Å². The van der Waals surface area contributed by atoms with Gasteiger partial charge in [0.1, 0.15) is 0 Å². The van der Waals surface area contributed by atoms with Crippen LogP contribution in [0.15, 0.2) is 58.4 Å². The monoisotopic (exact) mass is 532 g/mol. The Kier molecular flexibility index (Phi) is 10.6. The number of sulfonamides is 1. The molecule has 0 saturated carbocycles. The zero-order valence-electron chi connectivity index (χ0n) is 16.9. The van der Waals surface area contributed by atoms with Crippen LogP contribution in [0.1, 0.15) is 25.0 Å². The Bertz CT molecular complexity index is 900. The highest BCUT2D eigenvalue weighted by atomic mass is 127. The van der Waals surface area contributed by atoms with Gasteiger partial charge in [0.15, 0.2) is 5.96 Å². The van der Waals surface area contributed by atoms with E-state index in [4.69, 9.17) is 10.5 Å². The lowest BCUT2D eigenvalue weighted by molar-refractivity contribution is 0.185. The number of nitrogens with two attached hydrogens (primary N) is 1. The van der Waals surface area contributed by atoms with Crippen molar-refractivity contribution >= 4 is 45.6 Å². The second-order valence-electron chi connectivity index (χ2n) is 6.81. The van der Waals surface area contributed by atoms with Gasteiger partial charge in [-0.15, -0.1) is 24.0 Å². The molecule has 0 amide bonds. The summed E-state index contributed by atoms with van der Waals surface area (Å²) in [6.07, 6.45) is 0. The van der Waals surface area contributed by atoms with E-state index in [0.29, 0.717) is 19.7 Å². The van der Waals surface area contributed by atoms with Crippen LogP contribution in [0.2, 0.25) is 0 Å². The number of para-hydroxylation sites is 1. The Morgan fingerprint density at radius 2 is 1.79 bits per heavy atom. The van der Waals surface area contributed by atoms with E-state index in [2.05, 4.69) is 15.0 Å². The molecule has 0 aliphatic heterocycles. The second-order valence-corrected chi connectivity index (χ2v) is 8.57. The first-order valence-electron chi connectivity index (χ1n) is 9.04. The highest BCUT2D eigenvalue weighted by Crippen LogP contribution is 2.16. The van der Waals surface area contributed by atoms with E-state index in [1.807, 2.05) is 38.1 Å². The molecule has 0 radical (unpaired) electrons. The predicted molar refractivity (Wildman–Crippen MR) is 128 cm³/mol. The molecule has 0 saturated heterocycles. The molecule has 0 atom stereocenters. The first-order chi connectivity index (χ1) is 13.3. The third-order valence-electron chi connectivity index (χ3n) is 3.93. The number of rotatable bonds is 9. The number of anilines is 1. The average Bonchev–Trinajstić information content (AvgIpc) is 2.67. The van der Waals surface area contributed by atoms with Gasteiger partial charge in [0, 0.05) is 24.9 Å². The van der Waals surface area contributed by atoms with Crippen LogP contribution in [0.25, 0.3) is 0 Å². The first-order valence-corrected chi connectivity index (χ1v) is 10.5. The number of hydrogen-bond acceptors (Lipinski definition) is 4. The Labute approximate surface area is 190 Å². The maximum Gasteiger partial charge on any atom is 0.240 e. The molecule has 0 spiro atoms. The van der Waals surface area contributed by atoms with E-state index in [-0.39, 0.29) is 40.7 Å². The molecule has 0 aromatic heterocycles. The van der Waals surface area contributed by atoms with Crippen LogP contribution in [0, 0.1) is 5.92 Å². The normalized spacial score (nSPS) is 11.9. The van der Waals surface area contributed by atoms with Crippen LogP contribution in [-0.2, 0) is 27.9 Å². The van der Waals surface area contributed by atoms with E-state index in [1.165, 1.54) is 0 Å². The highest BCUT2D eigenvalue weighted by Gasteiger charge is 2.13. The van der Waals surface area contributed by atoms with Crippen LogP contribution in [0.4, 0.5) is 5.69 Å². The lowest BCUT2D eigenvalue weighted by Gasteiger charge is -2.11. The Morgan fingerprint density at radius 1 is 1.14 bits per heavy atom. The number of ether oxygens (including phenoxy) is 1. The topological polar surface area (TPSA) is 106 Å².